The summed E-state index contributed by atoms with van der Waals surface area (Å²) in [5, 5.41) is 3.40. The van der Waals surface area contributed by atoms with Gasteiger partial charge in [-0.05, 0) is 18.9 Å². The standard InChI is InChI=1S/C19H32N4O.HI/c1-4-18(17-9-7-6-8-10-17)22-12-14-23(15-13-22)19(20-5-2)21-11-16-24-3;/h6-10,18H,4-5,11-16H2,1-3H3,(H,20,21);1H. The van der Waals surface area contributed by atoms with Crippen LogP contribution in [0.4, 0.5) is 0 Å². The van der Waals surface area contributed by atoms with Crippen LogP contribution in [0.1, 0.15) is 31.9 Å². The molecule has 5 nitrogen and oxygen atoms in total. The quantitative estimate of drug-likeness (QED) is 0.294. The first-order valence-corrected chi connectivity index (χ1v) is 9.11. The van der Waals surface area contributed by atoms with Gasteiger partial charge in [-0.3, -0.25) is 9.89 Å². The van der Waals surface area contributed by atoms with Crippen molar-refractivity contribution in [1.29, 1.82) is 0 Å². The molecule has 0 aliphatic carbocycles. The van der Waals surface area contributed by atoms with Crippen molar-refractivity contribution in [3.63, 3.8) is 0 Å². The first kappa shape index (κ1) is 22.2. The van der Waals surface area contributed by atoms with Gasteiger partial charge in [0.1, 0.15) is 0 Å². The zero-order valence-electron chi connectivity index (χ0n) is 15.8. The molecule has 0 saturated carbocycles. The fraction of sp³-hybridized carbons (Fsp3) is 0.632. The van der Waals surface area contributed by atoms with E-state index in [1.54, 1.807) is 7.11 Å². The van der Waals surface area contributed by atoms with Crippen LogP contribution in [0.15, 0.2) is 35.3 Å². The van der Waals surface area contributed by atoms with Gasteiger partial charge in [0.2, 0.25) is 0 Å². The molecule has 0 aromatic heterocycles. The zero-order chi connectivity index (χ0) is 17.2. The van der Waals surface area contributed by atoms with Crippen molar-refractivity contribution in [2.45, 2.75) is 26.3 Å². The molecule has 1 aliphatic rings. The van der Waals surface area contributed by atoms with Gasteiger partial charge < -0.3 is 15.0 Å². The number of methoxy groups -OCH3 is 1. The number of nitrogens with zero attached hydrogens (tertiary/aromatic N) is 3. The van der Waals surface area contributed by atoms with E-state index in [0.29, 0.717) is 19.2 Å². The summed E-state index contributed by atoms with van der Waals surface area (Å²) < 4.78 is 5.11. The largest absolute Gasteiger partial charge is 0.383 e. The fourth-order valence-electron chi connectivity index (χ4n) is 3.29. The number of rotatable bonds is 7. The lowest BCUT2D eigenvalue weighted by Gasteiger charge is -2.40. The van der Waals surface area contributed by atoms with Gasteiger partial charge in [0.25, 0.3) is 0 Å². The number of nitrogens with one attached hydrogen (secondary N) is 1. The molecule has 0 spiro atoms. The van der Waals surface area contributed by atoms with Crippen molar-refractivity contribution in [1.82, 2.24) is 15.1 Å². The Bertz CT molecular complexity index is 489. The van der Waals surface area contributed by atoms with Gasteiger partial charge in [0.15, 0.2) is 5.96 Å². The summed E-state index contributed by atoms with van der Waals surface area (Å²) in [6.45, 7) is 10.8. The van der Waals surface area contributed by atoms with Crippen LogP contribution in [0.2, 0.25) is 0 Å². The van der Waals surface area contributed by atoms with E-state index in [9.17, 15) is 0 Å². The van der Waals surface area contributed by atoms with Crippen LogP contribution in [-0.4, -0.2) is 68.7 Å². The first-order valence-electron chi connectivity index (χ1n) is 9.11. The SMILES string of the molecule is CCNC(=NCCOC)N1CCN(C(CC)c2ccccc2)CC1.I. The molecule has 1 fully saturated rings. The maximum absolute atomic E-state index is 5.11. The van der Waals surface area contributed by atoms with E-state index in [-0.39, 0.29) is 24.0 Å². The molecule has 1 aromatic carbocycles. The molecule has 0 amide bonds. The van der Waals surface area contributed by atoms with E-state index in [4.69, 9.17) is 4.74 Å². The molecule has 1 aromatic rings. The number of benzene rings is 1. The third kappa shape index (κ3) is 6.75. The number of aliphatic imine (C=N–C) groups is 1. The van der Waals surface area contributed by atoms with Gasteiger partial charge >= 0.3 is 0 Å². The molecule has 1 heterocycles. The molecular weight excluding hydrogens is 427 g/mol. The van der Waals surface area contributed by atoms with E-state index in [1.807, 2.05) is 0 Å². The molecular formula is C19H33IN4O. The molecule has 1 unspecified atom stereocenters. The highest BCUT2D eigenvalue weighted by Crippen LogP contribution is 2.25. The van der Waals surface area contributed by atoms with E-state index >= 15 is 0 Å². The number of ether oxygens (including phenoxy) is 1. The molecule has 1 aliphatic heterocycles. The third-order valence-corrected chi connectivity index (χ3v) is 4.52. The van der Waals surface area contributed by atoms with Gasteiger partial charge in [-0.25, -0.2) is 0 Å². The van der Waals surface area contributed by atoms with Crippen molar-refractivity contribution in [3.8, 4) is 0 Å². The van der Waals surface area contributed by atoms with Crippen molar-refractivity contribution in [2.75, 3.05) is 53.0 Å². The molecule has 142 valence electrons. The van der Waals surface area contributed by atoms with Crippen molar-refractivity contribution in [3.05, 3.63) is 35.9 Å². The van der Waals surface area contributed by atoms with Crippen LogP contribution >= 0.6 is 24.0 Å². The second kappa shape index (κ2) is 12.5. The number of hydrogen-bond acceptors (Lipinski definition) is 3. The van der Waals surface area contributed by atoms with Crippen LogP contribution < -0.4 is 5.32 Å². The summed E-state index contributed by atoms with van der Waals surface area (Å²) in [6.07, 6.45) is 1.14. The maximum atomic E-state index is 5.11. The lowest BCUT2D eigenvalue weighted by Crippen LogP contribution is -2.53. The monoisotopic (exact) mass is 460 g/mol. The molecule has 0 bridgehead atoms. The molecule has 2 rings (SSSR count). The summed E-state index contributed by atoms with van der Waals surface area (Å²) >= 11 is 0. The van der Waals surface area contributed by atoms with Crippen LogP contribution in [0, 0.1) is 0 Å². The Morgan fingerprint density at radius 2 is 1.84 bits per heavy atom. The van der Waals surface area contributed by atoms with E-state index in [1.165, 1.54) is 5.56 Å². The Kier molecular flexibility index (Phi) is 11.1. The highest BCUT2D eigenvalue weighted by molar-refractivity contribution is 14.0. The summed E-state index contributed by atoms with van der Waals surface area (Å²) in [7, 11) is 1.72. The van der Waals surface area contributed by atoms with Gasteiger partial charge in [-0.2, -0.15) is 0 Å². The lowest BCUT2D eigenvalue weighted by molar-refractivity contribution is 0.126. The van der Waals surface area contributed by atoms with E-state index < -0.39 is 0 Å². The average molecular weight is 460 g/mol. The summed E-state index contributed by atoms with van der Waals surface area (Å²) in [5.41, 5.74) is 1.43. The smallest absolute Gasteiger partial charge is 0.194 e. The topological polar surface area (TPSA) is 40.1 Å². The van der Waals surface area contributed by atoms with Crippen molar-refractivity contribution >= 4 is 29.9 Å². The number of guanidine groups is 1. The number of piperazine rings is 1. The van der Waals surface area contributed by atoms with Crippen LogP contribution in [0.25, 0.3) is 0 Å². The van der Waals surface area contributed by atoms with Crippen molar-refractivity contribution < 1.29 is 4.74 Å². The summed E-state index contributed by atoms with van der Waals surface area (Å²) in [4.78, 5) is 9.63. The second-order valence-corrected chi connectivity index (χ2v) is 6.09. The highest BCUT2D eigenvalue weighted by atomic mass is 127. The fourth-order valence-corrected chi connectivity index (χ4v) is 3.29. The highest BCUT2D eigenvalue weighted by Gasteiger charge is 2.25. The minimum absolute atomic E-state index is 0. The Morgan fingerprint density at radius 3 is 2.40 bits per heavy atom. The first-order chi connectivity index (χ1) is 11.8. The Labute approximate surface area is 169 Å². The predicted molar refractivity (Wildman–Crippen MR) is 116 cm³/mol. The van der Waals surface area contributed by atoms with Gasteiger partial charge in [0, 0.05) is 45.9 Å². The summed E-state index contributed by atoms with van der Waals surface area (Å²) in [5.74, 6) is 1.02. The Hall–Kier alpha value is -0.860. The maximum Gasteiger partial charge on any atom is 0.194 e. The van der Waals surface area contributed by atoms with Gasteiger partial charge in [-0.15, -0.1) is 24.0 Å². The van der Waals surface area contributed by atoms with Crippen LogP contribution in [0.3, 0.4) is 0 Å². The van der Waals surface area contributed by atoms with Crippen molar-refractivity contribution in [2.24, 2.45) is 4.99 Å². The molecule has 1 N–H and O–H groups in total. The predicted octanol–water partition coefficient (Wildman–Crippen LogP) is 2.99. The van der Waals surface area contributed by atoms with E-state index in [2.05, 4.69) is 64.3 Å². The average Bonchev–Trinajstić information content (AvgIpc) is 2.63. The van der Waals surface area contributed by atoms with E-state index in [0.717, 1.165) is 45.1 Å². The number of hydrogen-bond donors (Lipinski definition) is 1. The normalized spacial score (nSPS) is 17.1. The molecule has 0 radical (unpaired) electrons. The third-order valence-electron chi connectivity index (χ3n) is 4.52. The van der Waals surface area contributed by atoms with Gasteiger partial charge in [-0.1, -0.05) is 37.3 Å². The molecule has 1 atom stereocenters. The molecule has 6 heteroatoms. The minimum Gasteiger partial charge on any atom is -0.383 e. The zero-order valence-corrected chi connectivity index (χ0v) is 18.1. The minimum atomic E-state index is 0. The lowest BCUT2D eigenvalue weighted by atomic mass is 10.0. The second-order valence-electron chi connectivity index (χ2n) is 6.09. The Balaban J connectivity index is 0.00000312. The van der Waals surface area contributed by atoms with Crippen LogP contribution in [-0.2, 0) is 4.74 Å². The summed E-state index contributed by atoms with van der Waals surface area (Å²) in [6, 6.07) is 11.4. The number of halogens is 1. The van der Waals surface area contributed by atoms with Gasteiger partial charge in [0.05, 0.1) is 13.2 Å². The van der Waals surface area contributed by atoms with Crippen LogP contribution in [0.5, 0.6) is 0 Å². The molecule has 25 heavy (non-hydrogen) atoms. The molecule has 1 saturated heterocycles. The Morgan fingerprint density at radius 1 is 1.16 bits per heavy atom.